The standard InChI is InChI=1S/C22H18N2O5S/c25-21-14-15-22(26)24(21)17-8-12-20(13-9-17)30(27,28)23-16-6-10-19(11-7-16)29-18-4-2-1-3-5-18/h1-13,23H,14-15H2. The molecule has 0 saturated carbocycles. The van der Waals surface area contributed by atoms with E-state index in [-0.39, 0.29) is 29.6 Å². The second kappa shape index (κ2) is 8.00. The molecule has 1 aliphatic rings. The van der Waals surface area contributed by atoms with E-state index < -0.39 is 10.0 Å². The summed E-state index contributed by atoms with van der Waals surface area (Å²) in [4.78, 5) is 24.7. The van der Waals surface area contributed by atoms with E-state index in [0.717, 1.165) is 4.90 Å². The Kier molecular flexibility index (Phi) is 5.24. The average molecular weight is 422 g/mol. The van der Waals surface area contributed by atoms with Crippen molar-refractivity contribution in [3.8, 4) is 11.5 Å². The first kappa shape index (κ1) is 19.7. The number of nitrogens with zero attached hydrogens (tertiary/aromatic N) is 1. The quantitative estimate of drug-likeness (QED) is 0.608. The van der Waals surface area contributed by atoms with E-state index in [0.29, 0.717) is 22.9 Å². The van der Waals surface area contributed by atoms with E-state index in [1.165, 1.54) is 24.3 Å². The SMILES string of the molecule is O=C1CCC(=O)N1c1ccc(S(=O)(=O)Nc2ccc(Oc3ccccc3)cc2)cc1. The van der Waals surface area contributed by atoms with Crippen LogP contribution in [-0.2, 0) is 19.6 Å². The molecular formula is C22H18N2O5S. The van der Waals surface area contributed by atoms with Gasteiger partial charge in [-0.15, -0.1) is 0 Å². The number of hydrogen-bond donors (Lipinski definition) is 1. The number of para-hydroxylation sites is 1. The molecule has 152 valence electrons. The summed E-state index contributed by atoms with van der Waals surface area (Å²) in [6, 6.07) is 21.4. The topological polar surface area (TPSA) is 92.8 Å². The monoisotopic (exact) mass is 422 g/mol. The summed E-state index contributed by atoms with van der Waals surface area (Å²) in [5, 5.41) is 0. The minimum absolute atomic E-state index is 0.0231. The number of carbonyl (C=O) groups is 2. The number of imide groups is 1. The summed E-state index contributed by atoms with van der Waals surface area (Å²) in [5.74, 6) is 0.687. The van der Waals surface area contributed by atoms with Crippen molar-refractivity contribution >= 4 is 33.2 Å². The molecule has 3 aromatic carbocycles. The molecule has 0 bridgehead atoms. The fourth-order valence-corrected chi connectivity index (χ4v) is 4.13. The van der Waals surface area contributed by atoms with Gasteiger partial charge in [-0.3, -0.25) is 19.2 Å². The number of rotatable bonds is 6. The predicted octanol–water partition coefficient (Wildman–Crippen LogP) is 3.93. The largest absolute Gasteiger partial charge is 0.457 e. The molecule has 7 nitrogen and oxygen atoms in total. The van der Waals surface area contributed by atoms with Gasteiger partial charge in [0.1, 0.15) is 11.5 Å². The van der Waals surface area contributed by atoms with Crippen LogP contribution >= 0.6 is 0 Å². The summed E-state index contributed by atoms with van der Waals surface area (Å²) < 4.78 is 33.5. The lowest BCUT2D eigenvalue weighted by molar-refractivity contribution is -0.121. The van der Waals surface area contributed by atoms with Gasteiger partial charge in [0, 0.05) is 18.5 Å². The molecule has 0 atom stereocenters. The van der Waals surface area contributed by atoms with Crippen molar-refractivity contribution in [1.29, 1.82) is 0 Å². The minimum Gasteiger partial charge on any atom is -0.457 e. The first-order valence-corrected chi connectivity index (χ1v) is 10.7. The number of anilines is 2. The third-order valence-corrected chi connectivity index (χ3v) is 5.94. The van der Waals surface area contributed by atoms with Crippen LogP contribution in [0.15, 0.2) is 83.8 Å². The number of sulfonamides is 1. The summed E-state index contributed by atoms with van der Waals surface area (Å²) >= 11 is 0. The van der Waals surface area contributed by atoms with E-state index >= 15 is 0 Å². The zero-order valence-electron chi connectivity index (χ0n) is 15.8. The number of carbonyl (C=O) groups excluding carboxylic acids is 2. The number of hydrogen-bond acceptors (Lipinski definition) is 5. The Balaban J connectivity index is 1.46. The zero-order chi connectivity index (χ0) is 21.1. The lowest BCUT2D eigenvalue weighted by Gasteiger charge is -2.14. The Morgan fingerprint density at radius 2 is 1.30 bits per heavy atom. The normalized spacial score (nSPS) is 14.1. The number of benzene rings is 3. The van der Waals surface area contributed by atoms with Gasteiger partial charge in [-0.25, -0.2) is 8.42 Å². The Labute approximate surface area is 174 Å². The van der Waals surface area contributed by atoms with Gasteiger partial charge < -0.3 is 4.74 Å². The van der Waals surface area contributed by atoms with Gasteiger partial charge in [-0.2, -0.15) is 0 Å². The van der Waals surface area contributed by atoms with Crippen LogP contribution in [-0.4, -0.2) is 20.2 Å². The maximum Gasteiger partial charge on any atom is 0.261 e. The Hall–Kier alpha value is -3.65. The van der Waals surface area contributed by atoms with E-state index in [1.54, 1.807) is 24.3 Å². The van der Waals surface area contributed by atoms with Crippen molar-refractivity contribution in [3.63, 3.8) is 0 Å². The average Bonchev–Trinajstić information content (AvgIpc) is 3.08. The van der Waals surface area contributed by atoms with E-state index in [4.69, 9.17) is 4.74 Å². The summed E-state index contributed by atoms with van der Waals surface area (Å²) in [6.45, 7) is 0. The van der Waals surface area contributed by atoms with Crippen LogP contribution in [0.4, 0.5) is 11.4 Å². The molecule has 0 aromatic heterocycles. The van der Waals surface area contributed by atoms with Gasteiger partial charge in [0.05, 0.1) is 10.6 Å². The van der Waals surface area contributed by atoms with Crippen molar-refractivity contribution in [3.05, 3.63) is 78.9 Å². The molecule has 1 aliphatic heterocycles. The number of ether oxygens (including phenoxy) is 1. The molecule has 1 heterocycles. The lowest BCUT2D eigenvalue weighted by Crippen LogP contribution is -2.28. The zero-order valence-corrected chi connectivity index (χ0v) is 16.6. The third-order valence-electron chi connectivity index (χ3n) is 4.54. The molecule has 1 fully saturated rings. The second-order valence-corrected chi connectivity index (χ2v) is 8.34. The van der Waals surface area contributed by atoms with Crippen LogP contribution in [0.5, 0.6) is 11.5 Å². The van der Waals surface area contributed by atoms with Crippen LogP contribution in [0.1, 0.15) is 12.8 Å². The Morgan fingerprint density at radius 1 is 0.733 bits per heavy atom. The molecule has 1 saturated heterocycles. The van der Waals surface area contributed by atoms with Crippen LogP contribution < -0.4 is 14.4 Å². The lowest BCUT2D eigenvalue weighted by atomic mass is 10.3. The fourth-order valence-electron chi connectivity index (χ4n) is 3.07. The van der Waals surface area contributed by atoms with Crippen molar-refractivity contribution in [2.24, 2.45) is 0 Å². The molecule has 0 unspecified atom stereocenters. The molecule has 1 N–H and O–H groups in total. The van der Waals surface area contributed by atoms with Gasteiger partial charge >= 0.3 is 0 Å². The molecular weight excluding hydrogens is 404 g/mol. The number of amides is 2. The molecule has 0 radical (unpaired) electrons. The van der Waals surface area contributed by atoms with Crippen LogP contribution in [0.3, 0.4) is 0 Å². The predicted molar refractivity (Wildman–Crippen MR) is 112 cm³/mol. The van der Waals surface area contributed by atoms with Crippen molar-refractivity contribution in [2.75, 3.05) is 9.62 Å². The third kappa shape index (κ3) is 4.18. The van der Waals surface area contributed by atoms with Crippen LogP contribution in [0.25, 0.3) is 0 Å². The maximum atomic E-state index is 12.6. The first-order valence-electron chi connectivity index (χ1n) is 9.24. The molecule has 2 amide bonds. The van der Waals surface area contributed by atoms with Gasteiger partial charge in [0.2, 0.25) is 11.8 Å². The fraction of sp³-hybridized carbons (Fsp3) is 0.0909. The summed E-state index contributed by atoms with van der Waals surface area (Å²) in [7, 11) is -3.83. The van der Waals surface area contributed by atoms with E-state index in [2.05, 4.69) is 4.72 Å². The van der Waals surface area contributed by atoms with E-state index in [9.17, 15) is 18.0 Å². The van der Waals surface area contributed by atoms with Gasteiger partial charge in [-0.05, 0) is 60.7 Å². The maximum absolute atomic E-state index is 12.6. The molecule has 30 heavy (non-hydrogen) atoms. The highest BCUT2D eigenvalue weighted by molar-refractivity contribution is 7.92. The highest BCUT2D eigenvalue weighted by Crippen LogP contribution is 2.26. The van der Waals surface area contributed by atoms with Crippen molar-refractivity contribution < 1.29 is 22.7 Å². The van der Waals surface area contributed by atoms with Crippen molar-refractivity contribution in [1.82, 2.24) is 0 Å². The Morgan fingerprint density at radius 3 is 1.90 bits per heavy atom. The van der Waals surface area contributed by atoms with Crippen LogP contribution in [0, 0.1) is 0 Å². The molecule has 0 spiro atoms. The van der Waals surface area contributed by atoms with Gasteiger partial charge in [0.25, 0.3) is 10.0 Å². The molecule has 3 aromatic rings. The van der Waals surface area contributed by atoms with Gasteiger partial charge in [-0.1, -0.05) is 18.2 Å². The first-order chi connectivity index (χ1) is 14.4. The second-order valence-electron chi connectivity index (χ2n) is 6.66. The molecule has 8 heteroatoms. The van der Waals surface area contributed by atoms with Crippen molar-refractivity contribution in [2.45, 2.75) is 17.7 Å². The number of nitrogens with one attached hydrogen (secondary N) is 1. The Bertz CT molecular complexity index is 1160. The minimum atomic E-state index is -3.83. The van der Waals surface area contributed by atoms with Crippen LogP contribution in [0.2, 0.25) is 0 Å². The summed E-state index contributed by atoms with van der Waals surface area (Å²) in [6.07, 6.45) is 0.342. The highest BCUT2D eigenvalue weighted by Gasteiger charge is 2.30. The smallest absolute Gasteiger partial charge is 0.261 e. The van der Waals surface area contributed by atoms with Gasteiger partial charge in [0.15, 0.2) is 0 Å². The highest BCUT2D eigenvalue weighted by atomic mass is 32.2. The molecule has 4 rings (SSSR count). The summed E-state index contributed by atoms with van der Waals surface area (Å²) in [5.41, 5.74) is 0.744. The van der Waals surface area contributed by atoms with E-state index in [1.807, 2.05) is 30.3 Å². The molecule has 0 aliphatic carbocycles.